The molecule has 0 amide bonds. The second kappa shape index (κ2) is 10.1. The highest BCUT2D eigenvalue weighted by atomic mass is 16.5. The van der Waals surface area contributed by atoms with Gasteiger partial charge in [0.15, 0.2) is 0 Å². The fraction of sp³-hybridized carbons (Fsp3) is 0.786. The molecule has 1 aromatic heterocycles. The van der Waals surface area contributed by atoms with Gasteiger partial charge in [-0.3, -0.25) is 0 Å². The van der Waals surface area contributed by atoms with E-state index in [-0.39, 0.29) is 12.7 Å². The summed E-state index contributed by atoms with van der Waals surface area (Å²) in [6, 6.07) is 0.332. The molecule has 7 nitrogen and oxygen atoms in total. The summed E-state index contributed by atoms with van der Waals surface area (Å²) in [6.45, 7) is 7.66. The zero-order valence-corrected chi connectivity index (χ0v) is 13.2. The van der Waals surface area contributed by atoms with Crippen molar-refractivity contribution in [2.24, 2.45) is 0 Å². The van der Waals surface area contributed by atoms with Crippen LogP contribution >= 0.6 is 0 Å². The van der Waals surface area contributed by atoms with Crippen LogP contribution in [0.3, 0.4) is 0 Å². The number of nitrogens with zero attached hydrogens (tertiary/aromatic N) is 3. The summed E-state index contributed by atoms with van der Waals surface area (Å²) in [5, 5.41) is 15.0. The molecular formula is C14H27N5O2. The van der Waals surface area contributed by atoms with Crippen molar-refractivity contribution in [1.29, 1.82) is 0 Å². The van der Waals surface area contributed by atoms with Crippen LogP contribution in [-0.2, 0) is 0 Å². The normalized spacial score (nSPS) is 10.7. The minimum Gasteiger partial charge on any atom is -0.461 e. The van der Waals surface area contributed by atoms with Crippen molar-refractivity contribution >= 4 is 11.9 Å². The van der Waals surface area contributed by atoms with E-state index in [4.69, 9.17) is 9.84 Å². The number of ether oxygens (including phenoxy) is 1. The SMILES string of the molecule is CCNc1nc(NCCCCCCO)nc(OC(C)C)n1. The Hall–Kier alpha value is -1.63. The average Bonchev–Trinajstić information content (AvgIpc) is 2.42. The Morgan fingerprint density at radius 1 is 1.00 bits per heavy atom. The number of aliphatic hydroxyl groups is 1. The molecule has 0 aliphatic rings. The Morgan fingerprint density at radius 2 is 1.67 bits per heavy atom. The van der Waals surface area contributed by atoms with Crippen LogP contribution in [0.1, 0.15) is 46.5 Å². The molecule has 1 rings (SSSR count). The van der Waals surface area contributed by atoms with Gasteiger partial charge in [0.1, 0.15) is 0 Å². The monoisotopic (exact) mass is 297 g/mol. The van der Waals surface area contributed by atoms with E-state index >= 15 is 0 Å². The number of anilines is 2. The number of hydrogen-bond acceptors (Lipinski definition) is 7. The smallest absolute Gasteiger partial charge is 0.323 e. The number of aromatic nitrogens is 3. The molecule has 0 aliphatic carbocycles. The maximum absolute atomic E-state index is 8.72. The molecule has 0 aromatic carbocycles. The lowest BCUT2D eigenvalue weighted by Gasteiger charge is -2.11. The molecule has 120 valence electrons. The molecule has 0 bridgehead atoms. The second-order valence-electron chi connectivity index (χ2n) is 5.03. The van der Waals surface area contributed by atoms with Crippen LogP contribution in [0.5, 0.6) is 6.01 Å². The minimum atomic E-state index is 0.0215. The van der Waals surface area contributed by atoms with E-state index in [1.54, 1.807) is 0 Å². The van der Waals surface area contributed by atoms with Crippen molar-refractivity contribution < 1.29 is 9.84 Å². The highest BCUT2D eigenvalue weighted by Gasteiger charge is 2.08. The zero-order valence-electron chi connectivity index (χ0n) is 13.2. The molecule has 0 unspecified atom stereocenters. The van der Waals surface area contributed by atoms with Gasteiger partial charge in [0.25, 0.3) is 0 Å². The fourth-order valence-electron chi connectivity index (χ4n) is 1.73. The summed E-state index contributed by atoms with van der Waals surface area (Å²) >= 11 is 0. The van der Waals surface area contributed by atoms with E-state index in [1.165, 1.54) is 0 Å². The van der Waals surface area contributed by atoms with E-state index in [2.05, 4.69) is 25.6 Å². The Kier molecular flexibility index (Phi) is 8.42. The molecule has 0 radical (unpaired) electrons. The molecule has 21 heavy (non-hydrogen) atoms. The Balaban J connectivity index is 2.52. The van der Waals surface area contributed by atoms with Gasteiger partial charge < -0.3 is 20.5 Å². The molecule has 7 heteroatoms. The maximum Gasteiger partial charge on any atom is 0.323 e. The van der Waals surface area contributed by atoms with Gasteiger partial charge in [-0.05, 0) is 33.6 Å². The van der Waals surface area contributed by atoms with Crippen molar-refractivity contribution in [2.45, 2.75) is 52.6 Å². The molecule has 3 N–H and O–H groups in total. The summed E-state index contributed by atoms with van der Waals surface area (Å²) < 4.78 is 5.53. The molecule has 0 aliphatic heterocycles. The standard InChI is InChI=1S/C14H27N5O2/c1-4-15-12-17-13(16-9-7-5-6-8-10-20)19-14(18-12)21-11(2)3/h11,20H,4-10H2,1-3H3,(H2,15,16,17,18,19). The van der Waals surface area contributed by atoms with Gasteiger partial charge in [-0.15, -0.1) is 0 Å². The predicted molar refractivity (Wildman–Crippen MR) is 83.8 cm³/mol. The largest absolute Gasteiger partial charge is 0.461 e. The molecule has 1 heterocycles. The molecule has 0 atom stereocenters. The van der Waals surface area contributed by atoms with Gasteiger partial charge in [0, 0.05) is 19.7 Å². The van der Waals surface area contributed by atoms with Gasteiger partial charge in [-0.25, -0.2) is 0 Å². The first-order valence-corrected chi connectivity index (χ1v) is 7.67. The van der Waals surface area contributed by atoms with Gasteiger partial charge in [0.05, 0.1) is 6.10 Å². The summed E-state index contributed by atoms with van der Waals surface area (Å²) in [4.78, 5) is 12.8. The molecule has 1 aromatic rings. The van der Waals surface area contributed by atoms with Crippen LogP contribution in [0.2, 0.25) is 0 Å². The van der Waals surface area contributed by atoms with Crippen LogP contribution in [0.4, 0.5) is 11.9 Å². The Morgan fingerprint density at radius 3 is 2.29 bits per heavy atom. The van der Waals surface area contributed by atoms with Crippen molar-refractivity contribution in [3.05, 3.63) is 0 Å². The van der Waals surface area contributed by atoms with Crippen molar-refractivity contribution in [2.75, 3.05) is 30.3 Å². The summed E-state index contributed by atoms with van der Waals surface area (Å²) in [6.07, 6.45) is 4.02. The fourth-order valence-corrected chi connectivity index (χ4v) is 1.73. The highest BCUT2D eigenvalue weighted by molar-refractivity contribution is 5.35. The van der Waals surface area contributed by atoms with Crippen molar-refractivity contribution in [1.82, 2.24) is 15.0 Å². The van der Waals surface area contributed by atoms with Crippen LogP contribution in [-0.4, -0.2) is 45.9 Å². The number of rotatable bonds is 11. The predicted octanol–water partition coefficient (Wildman–Crippen LogP) is 2.06. The highest BCUT2D eigenvalue weighted by Crippen LogP contribution is 2.12. The van der Waals surface area contributed by atoms with E-state index in [0.717, 1.165) is 38.8 Å². The van der Waals surface area contributed by atoms with Gasteiger partial charge in [-0.2, -0.15) is 15.0 Å². The molecule has 0 spiro atoms. The van der Waals surface area contributed by atoms with Crippen molar-refractivity contribution in [3.8, 4) is 6.01 Å². The zero-order chi connectivity index (χ0) is 15.5. The number of hydrogen-bond donors (Lipinski definition) is 3. The molecule has 0 saturated heterocycles. The third kappa shape index (κ3) is 7.65. The third-order valence-corrected chi connectivity index (χ3v) is 2.66. The number of nitrogens with one attached hydrogen (secondary N) is 2. The van der Waals surface area contributed by atoms with Crippen LogP contribution < -0.4 is 15.4 Å². The molecular weight excluding hydrogens is 270 g/mol. The molecule has 0 saturated carbocycles. The van der Waals surface area contributed by atoms with Crippen LogP contribution in [0.15, 0.2) is 0 Å². The van der Waals surface area contributed by atoms with Crippen LogP contribution in [0, 0.1) is 0 Å². The van der Waals surface area contributed by atoms with Gasteiger partial charge in [0.2, 0.25) is 11.9 Å². The van der Waals surface area contributed by atoms with Crippen LogP contribution in [0.25, 0.3) is 0 Å². The number of unbranched alkanes of at least 4 members (excludes halogenated alkanes) is 3. The van der Waals surface area contributed by atoms with Gasteiger partial charge >= 0.3 is 6.01 Å². The lowest BCUT2D eigenvalue weighted by molar-refractivity contribution is 0.222. The third-order valence-electron chi connectivity index (χ3n) is 2.66. The van der Waals surface area contributed by atoms with Gasteiger partial charge in [-0.1, -0.05) is 12.8 Å². The van der Waals surface area contributed by atoms with E-state index in [0.29, 0.717) is 17.9 Å². The summed E-state index contributed by atoms with van der Waals surface area (Å²) in [7, 11) is 0. The topological polar surface area (TPSA) is 92.2 Å². The quantitative estimate of drug-likeness (QED) is 0.538. The summed E-state index contributed by atoms with van der Waals surface area (Å²) in [5.41, 5.74) is 0. The maximum atomic E-state index is 8.72. The van der Waals surface area contributed by atoms with Crippen molar-refractivity contribution in [3.63, 3.8) is 0 Å². The first-order chi connectivity index (χ1) is 10.2. The Labute approximate surface area is 126 Å². The average molecular weight is 297 g/mol. The minimum absolute atomic E-state index is 0.0215. The van der Waals surface area contributed by atoms with E-state index in [1.807, 2.05) is 20.8 Å². The Bertz CT molecular complexity index is 401. The first-order valence-electron chi connectivity index (χ1n) is 7.67. The first kappa shape index (κ1) is 17.4. The number of aliphatic hydroxyl groups excluding tert-OH is 1. The van der Waals surface area contributed by atoms with E-state index in [9.17, 15) is 0 Å². The lowest BCUT2D eigenvalue weighted by atomic mass is 10.2. The second-order valence-corrected chi connectivity index (χ2v) is 5.03. The summed E-state index contributed by atoms with van der Waals surface area (Å²) in [5.74, 6) is 1.05. The molecule has 0 fully saturated rings. The lowest BCUT2D eigenvalue weighted by Crippen LogP contribution is -2.14. The van der Waals surface area contributed by atoms with E-state index < -0.39 is 0 Å².